The first-order valence-electron chi connectivity index (χ1n) is 9.83. The van der Waals surface area contributed by atoms with Crippen molar-refractivity contribution in [2.24, 2.45) is 34.5 Å². The molecule has 0 aromatic rings. The van der Waals surface area contributed by atoms with E-state index in [-0.39, 0.29) is 0 Å². The van der Waals surface area contributed by atoms with Crippen LogP contribution in [-0.4, -0.2) is 12.6 Å². The lowest BCUT2D eigenvalue weighted by Gasteiger charge is -2.68. The van der Waals surface area contributed by atoms with Gasteiger partial charge in [0.1, 0.15) is 0 Å². The van der Waals surface area contributed by atoms with Gasteiger partial charge in [0.2, 0.25) is 0 Å². The van der Waals surface area contributed by atoms with Crippen LogP contribution < -0.4 is 5.32 Å². The van der Waals surface area contributed by atoms with Crippen molar-refractivity contribution in [3.8, 4) is 0 Å². The highest BCUT2D eigenvalue weighted by Crippen LogP contribution is 2.69. The molecule has 21 heavy (non-hydrogen) atoms. The van der Waals surface area contributed by atoms with Crippen LogP contribution in [0.3, 0.4) is 0 Å². The fourth-order valence-corrected chi connectivity index (χ4v) is 7.54. The molecule has 0 heterocycles. The van der Waals surface area contributed by atoms with Crippen molar-refractivity contribution in [2.75, 3.05) is 6.54 Å². The van der Waals surface area contributed by atoms with E-state index in [2.05, 4.69) is 26.1 Å². The Morgan fingerprint density at radius 3 is 1.95 bits per heavy atom. The fourth-order valence-electron chi connectivity index (χ4n) is 7.54. The lowest BCUT2D eigenvalue weighted by Crippen LogP contribution is -2.65. The summed E-state index contributed by atoms with van der Waals surface area (Å²) in [6, 6.07) is 0.806. The van der Waals surface area contributed by atoms with Crippen LogP contribution in [0.2, 0.25) is 0 Å². The van der Waals surface area contributed by atoms with E-state index >= 15 is 0 Å². The predicted molar refractivity (Wildman–Crippen MR) is 89.2 cm³/mol. The summed E-state index contributed by atoms with van der Waals surface area (Å²) in [5, 5.41) is 3.87. The summed E-state index contributed by atoms with van der Waals surface area (Å²) in [6.07, 6.45) is 13.7. The van der Waals surface area contributed by atoms with E-state index < -0.39 is 0 Å². The molecule has 5 fully saturated rings. The third kappa shape index (κ3) is 2.06. The molecule has 1 N–H and O–H groups in total. The van der Waals surface area contributed by atoms with Crippen LogP contribution in [0.1, 0.15) is 78.6 Å². The van der Waals surface area contributed by atoms with Crippen molar-refractivity contribution in [3.63, 3.8) is 0 Å². The van der Waals surface area contributed by atoms with Gasteiger partial charge < -0.3 is 5.32 Å². The second kappa shape index (κ2) is 4.98. The molecule has 5 rings (SSSR count). The molecule has 0 aromatic heterocycles. The van der Waals surface area contributed by atoms with Crippen molar-refractivity contribution in [3.05, 3.63) is 0 Å². The molecule has 1 nitrogen and oxygen atoms in total. The van der Waals surface area contributed by atoms with E-state index in [1.54, 1.807) is 38.5 Å². The van der Waals surface area contributed by atoms with Gasteiger partial charge in [-0.2, -0.15) is 0 Å². The largest absolute Gasteiger partial charge is 0.313 e. The van der Waals surface area contributed by atoms with Crippen LogP contribution >= 0.6 is 0 Å². The summed E-state index contributed by atoms with van der Waals surface area (Å²) in [4.78, 5) is 0. The monoisotopic (exact) mass is 289 g/mol. The van der Waals surface area contributed by atoms with Crippen molar-refractivity contribution < 1.29 is 0 Å². The van der Waals surface area contributed by atoms with Crippen LogP contribution in [-0.2, 0) is 0 Å². The maximum absolute atomic E-state index is 3.87. The normalized spacial score (nSPS) is 54.7. The lowest BCUT2D eigenvalue weighted by atomic mass is 9.38. The summed E-state index contributed by atoms with van der Waals surface area (Å²) in [5.74, 6) is 4.36. The molecule has 0 saturated heterocycles. The highest BCUT2D eigenvalue weighted by molar-refractivity contribution is 5.14. The minimum absolute atomic E-state index is 0.584. The quantitative estimate of drug-likeness (QED) is 0.750. The Hall–Kier alpha value is -0.0400. The Bertz CT molecular complexity index is 365. The Kier molecular flexibility index (Phi) is 3.45. The zero-order valence-electron chi connectivity index (χ0n) is 14.5. The van der Waals surface area contributed by atoms with E-state index in [9.17, 15) is 0 Å². The summed E-state index contributed by atoms with van der Waals surface area (Å²) < 4.78 is 0. The standard InChI is InChI=1S/C20H35N/c1-4-6-21-18-10-17(19(18,3)5-2)20-11-14-7-15(12-20)9-16(8-14)13-20/h14-18,21H,4-13H2,1-3H3. The van der Waals surface area contributed by atoms with Gasteiger partial charge in [-0.1, -0.05) is 20.8 Å². The van der Waals surface area contributed by atoms with E-state index in [0.717, 1.165) is 35.1 Å². The Morgan fingerprint density at radius 1 is 0.905 bits per heavy atom. The highest BCUT2D eigenvalue weighted by Gasteiger charge is 2.63. The Morgan fingerprint density at radius 2 is 1.48 bits per heavy atom. The Balaban J connectivity index is 1.54. The number of hydrogen-bond acceptors (Lipinski definition) is 1. The second-order valence-corrected chi connectivity index (χ2v) is 9.43. The van der Waals surface area contributed by atoms with E-state index in [1.165, 1.54) is 25.8 Å². The SMILES string of the molecule is CCCNC1CC(C23CC4CC(CC(C4)C2)C3)C1(C)CC. The topological polar surface area (TPSA) is 12.0 Å². The minimum Gasteiger partial charge on any atom is -0.313 e. The van der Waals surface area contributed by atoms with Gasteiger partial charge in [-0.05, 0) is 98.8 Å². The number of hydrogen-bond donors (Lipinski definition) is 1. The molecule has 0 aliphatic heterocycles. The lowest BCUT2D eigenvalue weighted by molar-refractivity contribution is -0.172. The number of rotatable bonds is 5. The zero-order chi connectivity index (χ0) is 14.7. The highest BCUT2D eigenvalue weighted by atomic mass is 15.0. The molecule has 5 aliphatic carbocycles. The molecule has 0 spiro atoms. The molecule has 3 unspecified atom stereocenters. The van der Waals surface area contributed by atoms with Crippen LogP contribution in [0.25, 0.3) is 0 Å². The van der Waals surface area contributed by atoms with Crippen LogP contribution in [0.15, 0.2) is 0 Å². The van der Waals surface area contributed by atoms with Gasteiger partial charge in [0, 0.05) is 6.04 Å². The molecule has 0 aromatic carbocycles. The van der Waals surface area contributed by atoms with Gasteiger partial charge in [-0.25, -0.2) is 0 Å². The zero-order valence-corrected chi connectivity index (χ0v) is 14.5. The predicted octanol–water partition coefficient (Wildman–Crippen LogP) is 5.01. The number of nitrogens with one attached hydrogen (secondary N) is 1. The maximum Gasteiger partial charge on any atom is 0.0127 e. The van der Waals surface area contributed by atoms with Gasteiger partial charge in [-0.15, -0.1) is 0 Å². The molecule has 0 amide bonds. The smallest absolute Gasteiger partial charge is 0.0127 e. The fraction of sp³-hybridized carbons (Fsp3) is 1.00. The average Bonchev–Trinajstić information content (AvgIpc) is 2.43. The first-order chi connectivity index (χ1) is 10.1. The molecular weight excluding hydrogens is 254 g/mol. The molecule has 5 aliphatic rings. The molecule has 5 saturated carbocycles. The van der Waals surface area contributed by atoms with Crippen molar-refractivity contribution >= 4 is 0 Å². The molecular formula is C20H35N. The van der Waals surface area contributed by atoms with E-state index in [4.69, 9.17) is 0 Å². The molecule has 1 heteroatoms. The third-order valence-electron chi connectivity index (χ3n) is 8.29. The van der Waals surface area contributed by atoms with Crippen molar-refractivity contribution in [1.29, 1.82) is 0 Å². The van der Waals surface area contributed by atoms with Crippen LogP contribution in [0.4, 0.5) is 0 Å². The van der Waals surface area contributed by atoms with Crippen LogP contribution in [0, 0.1) is 34.5 Å². The molecule has 0 radical (unpaired) electrons. The van der Waals surface area contributed by atoms with Crippen molar-refractivity contribution in [2.45, 2.75) is 84.6 Å². The molecule has 4 bridgehead atoms. The van der Waals surface area contributed by atoms with Gasteiger partial charge in [0.25, 0.3) is 0 Å². The molecule has 3 atom stereocenters. The summed E-state index contributed by atoms with van der Waals surface area (Å²) >= 11 is 0. The summed E-state index contributed by atoms with van der Waals surface area (Å²) in [7, 11) is 0. The Labute approximate surface area is 131 Å². The first-order valence-corrected chi connectivity index (χ1v) is 9.83. The van der Waals surface area contributed by atoms with Gasteiger partial charge in [0.15, 0.2) is 0 Å². The summed E-state index contributed by atoms with van der Waals surface area (Å²) in [5.41, 5.74) is 1.35. The summed E-state index contributed by atoms with van der Waals surface area (Å²) in [6.45, 7) is 8.58. The minimum atomic E-state index is 0.584. The molecule has 120 valence electrons. The van der Waals surface area contributed by atoms with Gasteiger partial charge >= 0.3 is 0 Å². The van der Waals surface area contributed by atoms with Gasteiger partial charge in [0.05, 0.1) is 0 Å². The first kappa shape index (κ1) is 14.5. The second-order valence-electron chi connectivity index (χ2n) is 9.43. The van der Waals surface area contributed by atoms with Crippen LogP contribution in [0.5, 0.6) is 0 Å². The maximum atomic E-state index is 3.87. The van der Waals surface area contributed by atoms with Gasteiger partial charge in [-0.3, -0.25) is 0 Å². The van der Waals surface area contributed by atoms with E-state index in [1.807, 2.05) is 0 Å². The van der Waals surface area contributed by atoms with Crippen molar-refractivity contribution in [1.82, 2.24) is 5.32 Å². The van der Waals surface area contributed by atoms with E-state index in [0.29, 0.717) is 5.41 Å². The third-order valence-corrected chi connectivity index (χ3v) is 8.29. The average molecular weight is 290 g/mol.